The summed E-state index contributed by atoms with van der Waals surface area (Å²) in [7, 11) is 0. The Kier molecular flexibility index (Phi) is 4.43. The maximum Gasteiger partial charge on any atom is 0.128 e. The molecule has 1 saturated heterocycles. The van der Waals surface area contributed by atoms with E-state index in [1.54, 1.807) is 0 Å². The van der Waals surface area contributed by atoms with Gasteiger partial charge >= 0.3 is 0 Å². The molecule has 0 saturated carbocycles. The molecule has 0 radical (unpaired) electrons. The number of rotatable bonds is 5. The summed E-state index contributed by atoms with van der Waals surface area (Å²) in [5, 5.41) is 11.2. The van der Waals surface area contributed by atoms with Crippen LogP contribution >= 0.6 is 0 Å². The fourth-order valence-electron chi connectivity index (χ4n) is 2.78. The van der Waals surface area contributed by atoms with Gasteiger partial charge in [0.1, 0.15) is 18.5 Å². The van der Waals surface area contributed by atoms with Gasteiger partial charge < -0.3 is 19.6 Å². The lowest BCUT2D eigenvalue weighted by atomic mass is 10.2. The summed E-state index contributed by atoms with van der Waals surface area (Å²) in [6, 6.07) is 7.87. The van der Waals surface area contributed by atoms with Crippen LogP contribution in [0, 0.1) is 0 Å². The monoisotopic (exact) mass is 290 g/mol. The van der Waals surface area contributed by atoms with Crippen LogP contribution in [0.15, 0.2) is 30.5 Å². The first-order chi connectivity index (χ1) is 10.2. The third-order valence-electron chi connectivity index (χ3n) is 3.78. The molecule has 5 heteroatoms. The predicted octanol–water partition coefficient (Wildman–Crippen LogP) is 1.63. The number of hydrogen-bond acceptors (Lipinski definition) is 4. The van der Waals surface area contributed by atoms with Gasteiger partial charge in [0.25, 0.3) is 0 Å². The highest BCUT2D eigenvalue weighted by atomic mass is 16.5. The highest BCUT2D eigenvalue weighted by Gasteiger charge is 2.19. The lowest BCUT2D eigenvalue weighted by Gasteiger charge is -2.32. The molecule has 1 fully saturated rings. The van der Waals surface area contributed by atoms with Gasteiger partial charge in [-0.2, -0.15) is 0 Å². The third-order valence-corrected chi connectivity index (χ3v) is 3.78. The molecule has 2 N–H and O–H groups in total. The van der Waals surface area contributed by atoms with Crippen LogP contribution in [0.3, 0.4) is 0 Å². The second-order valence-electron chi connectivity index (χ2n) is 5.60. The van der Waals surface area contributed by atoms with E-state index in [9.17, 15) is 5.11 Å². The molecule has 0 amide bonds. The zero-order valence-corrected chi connectivity index (χ0v) is 12.3. The van der Waals surface area contributed by atoms with Crippen molar-refractivity contribution in [3.05, 3.63) is 30.5 Å². The topological polar surface area (TPSA) is 57.7 Å². The molecule has 0 bridgehead atoms. The summed E-state index contributed by atoms with van der Waals surface area (Å²) in [5.41, 5.74) is 1.05. The number of morpholine rings is 1. The van der Waals surface area contributed by atoms with Crippen LogP contribution < -0.4 is 4.74 Å². The zero-order valence-electron chi connectivity index (χ0n) is 12.3. The molecule has 2 atom stereocenters. The van der Waals surface area contributed by atoms with E-state index < -0.39 is 6.10 Å². The van der Waals surface area contributed by atoms with Gasteiger partial charge in [0.15, 0.2) is 0 Å². The molecule has 1 aromatic heterocycles. The molecule has 5 nitrogen and oxygen atoms in total. The SMILES string of the molecule is CC1CN(CC(O)COc2cccc3[nH]ccc23)CCO1. The van der Waals surface area contributed by atoms with E-state index in [0.29, 0.717) is 13.2 Å². The molecule has 1 aliphatic heterocycles. The molecule has 3 rings (SSSR count). The number of aliphatic hydroxyl groups excluding tert-OH is 1. The number of hydrogen-bond donors (Lipinski definition) is 2. The van der Waals surface area contributed by atoms with Crippen molar-refractivity contribution < 1.29 is 14.6 Å². The van der Waals surface area contributed by atoms with Crippen LogP contribution in [-0.2, 0) is 4.74 Å². The first kappa shape index (κ1) is 14.4. The van der Waals surface area contributed by atoms with E-state index in [2.05, 4.69) is 16.8 Å². The number of ether oxygens (including phenoxy) is 2. The molecule has 114 valence electrons. The molecular weight excluding hydrogens is 268 g/mol. The molecule has 21 heavy (non-hydrogen) atoms. The minimum Gasteiger partial charge on any atom is -0.490 e. The second kappa shape index (κ2) is 6.47. The molecule has 1 aliphatic rings. The smallest absolute Gasteiger partial charge is 0.128 e. The minimum absolute atomic E-state index is 0.237. The van der Waals surface area contributed by atoms with Crippen LogP contribution in [0.25, 0.3) is 10.9 Å². The van der Waals surface area contributed by atoms with Crippen molar-refractivity contribution in [1.82, 2.24) is 9.88 Å². The summed E-state index contributed by atoms with van der Waals surface area (Å²) in [4.78, 5) is 5.37. The van der Waals surface area contributed by atoms with Gasteiger partial charge in [-0.25, -0.2) is 0 Å². The highest BCUT2D eigenvalue weighted by molar-refractivity contribution is 5.85. The van der Waals surface area contributed by atoms with Gasteiger partial charge in [-0.1, -0.05) is 6.07 Å². The molecule has 0 aliphatic carbocycles. The fraction of sp³-hybridized carbons (Fsp3) is 0.500. The number of fused-ring (bicyclic) bond motifs is 1. The average molecular weight is 290 g/mol. The van der Waals surface area contributed by atoms with Crippen molar-refractivity contribution in [2.75, 3.05) is 32.8 Å². The number of benzene rings is 1. The van der Waals surface area contributed by atoms with E-state index in [4.69, 9.17) is 9.47 Å². The Morgan fingerprint density at radius 2 is 2.38 bits per heavy atom. The number of aliphatic hydroxyl groups is 1. The maximum atomic E-state index is 10.2. The Balaban J connectivity index is 1.53. The molecule has 0 spiro atoms. The Morgan fingerprint density at radius 1 is 1.48 bits per heavy atom. The van der Waals surface area contributed by atoms with Crippen molar-refractivity contribution in [3.63, 3.8) is 0 Å². The van der Waals surface area contributed by atoms with Gasteiger partial charge in [-0.05, 0) is 25.1 Å². The van der Waals surface area contributed by atoms with Gasteiger partial charge in [-0.15, -0.1) is 0 Å². The molecule has 1 aromatic carbocycles. The zero-order chi connectivity index (χ0) is 14.7. The number of H-pyrrole nitrogens is 1. The number of nitrogens with zero attached hydrogens (tertiary/aromatic N) is 1. The number of nitrogens with one attached hydrogen (secondary N) is 1. The van der Waals surface area contributed by atoms with Gasteiger partial charge in [-0.3, -0.25) is 4.90 Å². The second-order valence-corrected chi connectivity index (χ2v) is 5.60. The normalized spacial score (nSPS) is 21.5. The molecule has 2 unspecified atom stereocenters. The largest absolute Gasteiger partial charge is 0.490 e. The van der Waals surface area contributed by atoms with Crippen LogP contribution in [0.2, 0.25) is 0 Å². The summed E-state index contributed by atoms with van der Waals surface area (Å²) in [6.45, 7) is 5.45. The molecule has 2 heterocycles. The fourth-order valence-corrected chi connectivity index (χ4v) is 2.78. The van der Waals surface area contributed by atoms with E-state index in [1.165, 1.54) is 0 Å². The Morgan fingerprint density at radius 3 is 3.24 bits per heavy atom. The predicted molar refractivity (Wildman–Crippen MR) is 81.7 cm³/mol. The number of β-amino-alcohol motifs (C(OH)–C–C–N with tert-alkyl or cyclic N) is 1. The summed E-state index contributed by atoms with van der Waals surface area (Å²) in [6.07, 6.45) is 1.63. The quantitative estimate of drug-likeness (QED) is 0.879. The van der Waals surface area contributed by atoms with Crippen molar-refractivity contribution in [3.8, 4) is 5.75 Å². The molecular formula is C16H22N2O3. The summed E-state index contributed by atoms with van der Waals surface area (Å²) in [5.74, 6) is 0.808. The Labute approximate surface area is 124 Å². The number of aromatic amines is 1. The standard InChI is InChI=1S/C16H22N2O3/c1-12-9-18(7-8-20-12)10-13(19)11-21-16-4-2-3-15-14(16)5-6-17-15/h2-6,12-13,17,19H,7-11H2,1H3. The van der Waals surface area contributed by atoms with Crippen molar-refractivity contribution in [1.29, 1.82) is 0 Å². The minimum atomic E-state index is -0.496. The van der Waals surface area contributed by atoms with Crippen molar-refractivity contribution in [2.45, 2.75) is 19.1 Å². The Bertz CT molecular complexity index is 584. The lowest BCUT2D eigenvalue weighted by molar-refractivity contribution is -0.0360. The number of aromatic nitrogens is 1. The van der Waals surface area contributed by atoms with Gasteiger partial charge in [0, 0.05) is 36.7 Å². The van der Waals surface area contributed by atoms with Crippen LogP contribution in [0.4, 0.5) is 0 Å². The first-order valence-corrected chi connectivity index (χ1v) is 7.43. The van der Waals surface area contributed by atoms with Crippen molar-refractivity contribution in [2.24, 2.45) is 0 Å². The maximum absolute atomic E-state index is 10.2. The molecule has 2 aromatic rings. The average Bonchev–Trinajstić information content (AvgIpc) is 2.94. The van der Waals surface area contributed by atoms with E-state index in [-0.39, 0.29) is 6.10 Å². The van der Waals surface area contributed by atoms with Crippen LogP contribution in [0.5, 0.6) is 5.75 Å². The van der Waals surface area contributed by atoms with Gasteiger partial charge in [0.05, 0.1) is 12.7 Å². The van der Waals surface area contributed by atoms with Crippen LogP contribution in [0.1, 0.15) is 6.92 Å². The highest BCUT2D eigenvalue weighted by Crippen LogP contribution is 2.24. The lowest BCUT2D eigenvalue weighted by Crippen LogP contribution is -2.45. The van der Waals surface area contributed by atoms with Gasteiger partial charge in [0.2, 0.25) is 0 Å². The van der Waals surface area contributed by atoms with E-state index in [0.717, 1.165) is 36.3 Å². The Hall–Kier alpha value is -1.56. The summed E-state index contributed by atoms with van der Waals surface area (Å²) < 4.78 is 11.3. The third kappa shape index (κ3) is 3.56. The summed E-state index contributed by atoms with van der Waals surface area (Å²) >= 11 is 0. The van der Waals surface area contributed by atoms with Crippen molar-refractivity contribution >= 4 is 10.9 Å². The van der Waals surface area contributed by atoms with E-state index in [1.807, 2.05) is 30.5 Å². The first-order valence-electron chi connectivity index (χ1n) is 7.43. The van der Waals surface area contributed by atoms with E-state index >= 15 is 0 Å². The van der Waals surface area contributed by atoms with Crippen LogP contribution in [-0.4, -0.2) is 60.0 Å².